The quantitative estimate of drug-likeness (QED) is 0.692. The Morgan fingerprint density at radius 2 is 2.05 bits per heavy atom. The van der Waals surface area contributed by atoms with Gasteiger partial charge in [-0.05, 0) is 46.6 Å². The standard InChI is InChI=1S/C15H27N3O3/c1-10(18(3)11-6-7-11)9-16-14(21)17-12-5-4-8-15(12,2)13(19)20/h10-12H,4-9H2,1-3H3,(H,19,20)(H2,16,17,21). The van der Waals surface area contributed by atoms with Gasteiger partial charge in [-0.1, -0.05) is 6.42 Å². The molecule has 2 fully saturated rings. The molecular formula is C15H27N3O3. The summed E-state index contributed by atoms with van der Waals surface area (Å²) in [6.07, 6.45) is 4.68. The Bertz CT molecular complexity index is 411. The van der Waals surface area contributed by atoms with Crippen LogP contribution >= 0.6 is 0 Å². The maximum Gasteiger partial charge on any atom is 0.315 e. The normalized spacial score (nSPS) is 30.2. The van der Waals surface area contributed by atoms with E-state index in [1.165, 1.54) is 12.8 Å². The Hall–Kier alpha value is -1.30. The number of nitrogens with one attached hydrogen (secondary N) is 2. The van der Waals surface area contributed by atoms with Crippen molar-refractivity contribution >= 4 is 12.0 Å². The van der Waals surface area contributed by atoms with E-state index in [1.807, 2.05) is 0 Å². The van der Waals surface area contributed by atoms with Crippen molar-refractivity contribution in [3.05, 3.63) is 0 Å². The minimum Gasteiger partial charge on any atom is -0.481 e. The molecule has 2 rings (SSSR count). The largest absolute Gasteiger partial charge is 0.481 e. The summed E-state index contributed by atoms with van der Waals surface area (Å²) in [5.74, 6) is -0.827. The predicted molar refractivity (Wildman–Crippen MR) is 80.2 cm³/mol. The fourth-order valence-corrected chi connectivity index (χ4v) is 3.09. The van der Waals surface area contributed by atoms with Crippen LogP contribution in [0.4, 0.5) is 4.79 Å². The monoisotopic (exact) mass is 297 g/mol. The molecular weight excluding hydrogens is 270 g/mol. The zero-order valence-electron chi connectivity index (χ0n) is 13.2. The molecule has 2 aliphatic rings. The van der Waals surface area contributed by atoms with E-state index in [2.05, 4.69) is 29.5 Å². The fourth-order valence-electron chi connectivity index (χ4n) is 3.09. The Morgan fingerprint density at radius 1 is 1.38 bits per heavy atom. The lowest BCUT2D eigenvalue weighted by Gasteiger charge is -2.29. The van der Waals surface area contributed by atoms with Gasteiger partial charge in [0.15, 0.2) is 0 Å². The van der Waals surface area contributed by atoms with E-state index in [4.69, 9.17) is 0 Å². The molecule has 120 valence electrons. The number of carboxylic acids is 1. The first-order chi connectivity index (χ1) is 9.84. The van der Waals surface area contributed by atoms with Crippen LogP contribution in [0.1, 0.15) is 46.0 Å². The summed E-state index contributed by atoms with van der Waals surface area (Å²) in [5.41, 5.74) is -0.840. The van der Waals surface area contributed by atoms with Crippen LogP contribution in [-0.4, -0.2) is 53.7 Å². The second-order valence-corrected chi connectivity index (χ2v) is 6.77. The van der Waals surface area contributed by atoms with E-state index in [0.29, 0.717) is 19.0 Å². The molecule has 0 spiro atoms. The number of hydrogen-bond donors (Lipinski definition) is 3. The van der Waals surface area contributed by atoms with Crippen LogP contribution in [0.5, 0.6) is 0 Å². The van der Waals surface area contributed by atoms with E-state index in [0.717, 1.165) is 12.8 Å². The average Bonchev–Trinajstić information content (AvgIpc) is 3.21. The van der Waals surface area contributed by atoms with Crippen LogP contribution in [0.25, 0.3) is 0 Å². The second kappa shape index (κ2) is 6.22. The van der Waals surface area contributed by atoms with E-state index in [1.54, 1.807) is 6.92 Å². The molecule has 0 heterocycles. The lowest BCUT2D eigenvalue weighted by molar-refractivity contribution is -0.148. The summed E-state index contributed by atoms with van der Waals surface area (Å²) in [7, 11) is 2.08. The first kappa shape index (κ1) is 16.1. The van der Waals surface area contributed by atoms with Gasteiger partial charge in [-0.15, -0.1) is 0 Å². The second-order valence-electron chi connectivity index (χ2n) is 6.77. The van der Waals surface area contributed by atoms with Crippen LogP contribution in [0.15, 0.2) is 0 Å². The minimum absolute atomic E-state index is 0.259. The molecule has 0 saturated heterocycles. The predicted octanol–water partition coefficient (Wildman–Crippen LogP) is 1.41. The van der Waals surface area contributed by atoms with Gasteiger partial charge in [0, 0.05) is 24.7 Å². The van der Waals surface area contributed by atoms with Gasteiger partial charge < -0.3 is 15.7 Å². The molecule has 2 saturated carbocycles. The molecule has 6 nitrogen and oxygen atoms in total. The van der Waals surface area contributed by atoms with Crippen molar-refractivity contribution in [3.8, 4) is 0 Å². The zero-order valence-corrected chi connectivity index (χ0v) is 13.2. The third-order valence-corrected chi connectivity index (χ3v) is 5.13. The number of aliphatic carboxylic acids is 1. The van der Waals surface area contributed by atoms with Crippen LogP contribution in [-0.2, 0) is 4.79 Å². The summed E-state index contributed by atoms with van der Waals surface area (Å²) in [6.45, 7) is 4.39. The lowest BCUT2D eigenvalue weighted by Crippen LogP contribution is -2.52. The molecule has 0 bridgehead atoms. The average molecular weight is 297 g/mol. The number of urea groups is 1. The number of amides is 2. The summed E-state index contributed by atoms with van der Waals surface area (Å²) in [6, 6.07) is 0.407. The number of nitrogens with zero attached hydrogens (tertiary/aromatic N) is 1. The Kier molecular flexibility index (Phi) is 4.76. The van der Waals surface area contributed by atoms with E-state index < -0.39 is 11.4 Å². The Morgan fingerprint density at radius 3 is 2.62 bits per heavy atom. The third kappa shape index (κ3) is 3.67. The SMILES string of the molecule is CC(CNC(=O)NC1CCCC1(C)C(=O)O)N(C)C1CC1. The number of hydrogen-bond acceptors (Lipinski definition) is 3. The van der Waals surface area contributed by atoms with Gasteiger partial charge >= 0.3 is 12.0 Å². The molecule has 3 N–H and O–H groups in total. The fraction of sp³-hybridized carbons (Fsp3) is 0.867. The van der Waals surface area contributed by atoms with Gasteiger partial charge in [-0.25, -0.2) is 4.79 Å². The topological polar surface area (TPSA) is 81.7 Å². The molecule has 3 atom stereocenters. The molecule has 6 heteroatoms. The van der Waals surface area contributed by atoms with E-state index in [9.17, 15) is 14.7 Å². The molecule has 2 amide bonds. The summed E-state index contributed by atoms with van der Waals surface area (Å²) in [5, 5.41) is 15.0. The van der Waals surface area contributed by atoms with Crippen molar-refractivity contribution in [1.82, 2.24) is 15.5 Å². The highest BCUT2D eigenvalue weighted by molar-refractivity contribution is 5.79. The number of carboxylic acid groups (broad SMARTS) is 1. The Labute approximate surface area is 126 Å². The molecule has 3 unspecified atom stereocenters. The van der Waals surface area contributed by atoms with Crippen LogP contribution in [0, 0.1) is 5.41 Å². The number of likely N-dealkylation sites (N-methyl/N-ethyl adjacent to an activating group) is 1. The first-order valence-electron chi connectivity index (χ1n) is 7.84. The van der Waals surface area contributed by atoms with Crippen molar-refractivity contribution in [2.75, 3.05) is 13.6 Å². The number of rotatable bonds is 6. The van der Waals surface area contributed by atoms with Gasteiger partial charge in [-0.3, -0.25) is 9.69 Å². The Balaban J connectivity index is 1.77. The van der Waals surface area contributed by atoms with Gasteiger partial charge in [0.05, 0.1) is 5.41 Å². The molecule has 0 aromatic rings. The van der Waals surface area contributed by atoms with Crippen molar-refractivity contribution in [2.45, 2.75) is 64.1 Å². The smallest absolute Gasteiger partial charge is 0.315 e. The van der Waals surface area contributed by atoms with Crippen LogP contribution in [0.2, 0.25) is 0 Å². The van der Waals surface area contributed by atoms with Gasteiger partial charge in [-0.2, -0.15) is 0 Å². The van der Waals surface area contributed by atoms with Crippen molar-refractivity contribution in [2.24, 2.45) is 5.41 Å². The highest BCUT2D eigenvalue weighted by Crippen LogP contribution is 2.38. The number of carbonyl (C=O) groups is 2. The van der Waals surface area contributed by atoms with Crippen molar-refractivity contribution < 1.29 is 14.7 Å². The molecule has 21 heavy (non-hydrogen) atoms. The van der Waals surface area contributed by atoms with Crippen LogP contribution in [0.3, 0.4) is 0 Å². The highest BCUT2D eigenvalue weighted by Gasteiger charge is 2.45. The first-order valence-corrected chi connectivity index (χ1v) is 7.84. The summed E-state index contributed by atoms with van der Waals surface area (Å²) < 4.78 is 0. The highest BCUT2D eigenvalue weighted by atomic mass is 16.4. The summed E-state index contributed by atoms with van der Waals surface area (Å²) in [4.78, 5) is 25.7. The molecule has 0 radical (unpaired) electrons. The molecule has 2 aliphatic carbocycles. The van der Waals surface area contributed by atoms with Gasteiger partial charge in [0.2, 0.25) is 0 Å². The van der Waals surface area contributed by atoms with E-state index in [-0.39, 0.29) is 18.1 Å². The van der Waals surface area contributed by atoms with Gasteiger partial charge in [0.25, 0.3) is 0 Å². The lowest BCUT2D eigenvalue weighted by atomic mass is 9.85. The third-order valence-electron chi connectivity index (χ3n) is 5.13. The maximum atomic E-state index is 12.0. The molecule has 0 aliphatic heterocycles. The molecule has 0 aromatic heterocycles. The van der Waals surface area contributed by atoms with Crippen molar-refractivity contribution in [1.29, 1.82) is 0 Å². The summed E-state index contributed by atoms with van der Waals surface area (Å²) >= 11 is 0. The maximum absolute atomic E-state index is 12.0. The van der Waals surface area contributed by atoms with Gasteiger partial charge in [0.1, 0.15) is 0 Å². The number of carbonyl (C=O) groups excluding carboxylic acids is 1. The van der Waals surface area contributed by atoms with E-state index >= 15 is 0 Å². The van der Waals surface area contributed by atoms with Crippen LogP contribution < -0.4 is 10.6 Å². The minimum atomic E-state index is -0.840. The van der Waals surface area contributed by atoms with Crippen molar-refractivity contribution in [3.63, 3.8) is 0 Å². The zero-order chi connectivity index (χ0) is 15.6. The molecule has 0 aromatic carbocycles.